The van der Waals surface area contributed by atoms with Crippen molar-refractivity contribution in [1.29, 1.82) is 0 Å². The number of ether oxygens (including phenoxy) is 1. The van der Waals surface area contributed by atoms with Crippen LogP contribution in [0.25, 0.3) is 0 Å². The van der Waals surface area contributed by atoms with Gasteiger partial charge in [-0.05, 0) is 11.6 Å². The molecule has 0 radical (unpaired) electrons. The Hall–Kier alpha value is -1.19. The lowest BCUT2D eigenvalue weighted by Gasteiger charge is -1.93. The van der Waals surface area contributed by atoms with Crippen molar-refractivity contribution in [3.05, 3.63) is 5.56 Å². The normalized spacial score (nSPS) is 9.80. The smallest absolute Gasteiger partial charge is 0.259 e. The highest BCUT2D eigenvalue weighted by Gasteiger charge is 2.10. The van der Waals surface area contributed by atoms with Crippen molar-refractivity contribution in [1.82, 2.24) is 5.16 Å². The minimum atomic E-state index is 0.347. The molecule has 0 atom stereocenters. The van der Waals surface area contributed by atoms with Crippen LogP contribution >= 0.6 is 0 Å². The van der Waals surface area contributed by atoms with E-state index in [1.54, 1.807) is 0 Å². The molecule has 0 spiro atoms. The first-order chi connectivity index (χ1) is 4.79. The summed E-state index contributed by atoms with van der Waals surface area (Å²) in [6, 6.07) is 0. The van der Waals surface area contributed by atoms with Crippen LogP contribution in [0.5, 0.6) is 5.88 Å². The number of hydrogen-bond donors (Lipinski definition) is 1. The molecule has 0 unspecified atom stereocenters. The van der Waals surface area contributed by atoms with E-state index >= 15 is 0 Å². The van der Waals surface area contributed by atoms with E-state index in [1.165, 1.54) is 7.11 Å². The fraction of sp³-hybridized carbons (Fsp3) is 0.500. The zero-order valence-electron chi connectivity index (χ0n) is 6.05. The standard InChI is InChI=1S/C6H10N2O2/c1-3-4-5(7)10-8-6(4)9-2/h3,7H2,1-2H3. The Bertz CT molecular complexity index is 220. The van der Waals surface area contributed by atoms with Crippen LogP contribution < -0.4 is 10.5 Å². The van der Waals surface area contributed by atoms with E-state index in [0.717, 1.165) is 12.0 Å². The van der Waals surface area contributed by atoms with Gasteiger partial charge in [0.2, 0.25) is 5.88 Å². The van der Waals surface area contributed by atoms with Crippen molar-refractivity contribution in [2.45, 2.75) is 13.3 Å². The number of rotatable bonds is 2. The molecule has 0 aliphatic rings. The van der Waals surface area contributed by atoms with Gasteiger partial charge in [-0.2, -0.15) is 0 Å². The molecule has 1 aromatic heterocycles. The molecule has 1 aromatic rings. The van der Waals surface area contributed by atoms with Gasteiger partial charge in [0.1, 0.15) is 0 Å². The van der Waals surface area contributed by atoms with Crippen molar-refractivity contribution in [2.75, 3.05) is 12.8 Å². The number of nitrogen functional groups attached to an aromatic ring is 1. The fourth-order valence-electron chi connectivity index (χ4n) is 0.792. The third-order valence-electron chi connectivity index (χ3n) is 1.33. The van der Waals surface area contributed by atoms with Crippen LogP contribution in [0.1, 0.15) is 12.5 Å². The molecule has 1 heterocycles. The molecule has 0 amide bonds. The van der Waals surface area contributed by atoms with Crippen molar-refractivity contribution >= 4 is 5.88 Å². The fourth-order valence-corrected chi connectivity index (χ4v) is 0.792. The van der Waals surface area contributed by atoms with Gasteiger partial charge in [0, 0.05) is 0 Å². The molecule has 10 heavy (non-hydrogen) atoms. The average molecular weight is 142 g/mol. The van der Waals surface area contributed by atoms with Gasteiger partial charge >= 0.3 is 0 Å². The monoisotopic (exact) mass is 142 g/mol. The first-order valence-electron chi connectivity index (χ1n) is 3.07. The Morgan fingerprint density at radius 1 is 1.70 bits per heavy atom. The Labute approximate surface area is 58.9 Å². The average Bonchev–Trinajstić information content (AvgIpc) is 2.30. The summed E-state index contributed by atoms with van der Waals surface area (Å²) in [4.78, 5) is 0. The Morgan fingerprint density at radius 2 is 2.40 bits per heavy atom. The van der Waals surface area contributed by atoms with Crippen LogP contribution in [-0.2, 0) is 6.42 Å². The van der Waals surface area contributed by atoms with Gasteiger partial charge in [0.25, 0.3) is 5.88 Å². The van der Waals surface area contributed by atoms with Crippen molar-refractivity contribution in [3.8, 4) is 5.88 Å². The largest absolute Gasteiger partial charge is 0.479 e. The lowest BCUT2D eigenvalue weighted by Crippen LogP contribution is -1.90. The molecule has 0 bridgehead atoms. The lowest BCUT2D eigenvalue weighted by molar-refractivity contribution is 0.343. The van der Waals surface area contributed by atoms with Gasteiger partial charge in [-0.15, -0.1) is 0 Å². The summed E-state index contributed by atoms with van der Waals surface area (Å²) in [5.41, 5.74) is 6.25. The number of hydrogen-bond acceptors (Lipinski definition) is 4. The van der Waals surface area contributed by atoms with Crippen LogP contribution in [-0.4, -0.2) is 12.3 Å². The van der Waals surface area contributed by atoms with Crippen molar-refractivity contribution < 1.29 is 9.26 Å². The Morgan fingerprint density at radius 3 is 2.80 bits per heavy atom. The number of methoxy groups -OCH3 is 1. The minimum Gasteiger partial charge on any atom is -0.479 e. The van der Waals surface area contributed by atoms with Gasteiger partial charge in [-0.3, -0.25) is 0 Å². The molecule has 0 aliphatic heterocycles. The first-order valence-corrected chi connectivity index (χ1v) is 3.07. The first kappa shape index (κ1) is 6.92. The number of aromatic nitrogens is 1. The summed E-state index contributed by atoms with van der Waals surface area (Å²) < 4.78 is 9.55. The molecule has 56 valence electrons. The minimum absolute atomic E-state index is 0.347. The van der Waals surface area contributed by atoms with E-state index in [-0.39, 0.29) is 0 Å². The van der Waals surface area contributed by atoms with Gasteiger partial charge < -0.3 is 15.0 Å². The molecular weight excluding hydrogens is 132 g/mol. The van der Waals surface area contributed by atoms with Crippen LogP contribution in [0.15, 0.2) is 4.52 Å². The highest BCUT2D eigenvalue weighted by Crippen LogP contribution is 2.22. The zero-order chi connectivity index (χ0) is 7.56. The molecule has 0 saturated carbocycles. The van der Waals surface area contributed by atoms with Crippen molar-refractivity contribution in [2.24, 2.45) is 0 Å². The molecule has 1 rings (SSSR count). The van der Waals surface area contributed by atoms with Crippen LogP contribution in [0.3, 0.4) is 0 Å². The molecule has 0 saturated heterocycles. The third kappa shape index (κ3) is 0.920. The topological polar surface area (TPSA) is 61.3 Å². The van der Waals surface area contributed by atoms with E-state index in [9.17, 15) is 0 Å². The van der Waals surface area contributed by atoms with Crippen molar-refractivity contribution in [3.63, 3.8) is 0 Å². The summed E-state index contributed by atoms with van der Waals surface area (Å²) in [5, 5.41) is 3.58. The lowest BCUT2D eigenvalue weighted by atomic mass is 10.2. The Balaban J connectivity index is 3.01. The zero-order valence-corrected chi connectivity index (χ0v) is 6.05. The molecule has 2 N–H and O–H groups in total. The summed E-state index contributed by atoms with van der Waals surface area (Å²) >= 11 is 0. The maximum atomic E-state index is 5.42. The third-order valence-corrected chi connectivity index (χ3v) is 1.33. The molecular formula is C6H10N2O2. The van der Waals surface area contributed by atoms with Crippen LogP contribution in [0.4, 0.5) is 5.88 Å². The summed E-state index contributed by atoms with van der Waals surface area (Å²) in [6.45, 7) is 1.96. The van der Waals surface area contributed by atoms with E-state index in [1.807, 2.05) is 6.92 Å². The van der Waals surface area contributed by atoms with E-state index in [4.69, 9.17) is 10.5 Å². The predicted molar refractivity (Wildman–Crippen MR) is 36.8 cm³/mol. The quantitative estimate of drug-likeness (QED) is 0.664. The van der Waals surface area contributed by atoms with E-state index < -0.39 is 0 Å². The maximum absolute atomic E-state index is 5.42. The molecule has 0 aromatic carbocycles. The predicted octanol–water partition coefficient (Wildman–Crippen LogP) is 0.828. The van der Waals surface area contributed by atoms with Crippen LogP contribution in [0.2, 0.25) is 0 Å². The molecule has 4 heteroatoms. The van der Waals surface area contributed by atoms with Gasteiger partial charge in [-0.1, -0.05) is 6.92 Å². The van der Waals surface area contributed by atoms with Gasteiger partial charge in [-0.25, -0.2) is 0 Å². The highest BCUT2D eigenvalue weighted by molar-refractivity contribution is 5.42. The second-order valence-corrected chi connectivity index (χ2v) is 1.89. The summed E-state index contributed by atoms with van der Waals surface area (Å²) in [6.07, 6.45) is 0.776. The maximum Gasteiger partial charge on any atom is 0.259 e. The Kier molecular flexibility index (Phi) is 1.80. The molecule has 0 aliphatic carbocycles. The second kappa shape index (κ2) is 2.60. The van der Waals surface area contributed by atoms with E-state index in [2.05, 4.69) is 9.68 Å². The van der Waals surface area contributed by atoms with E-state index in [0.29, 0.717) is 11.8 Å². The number of nitrogens with zero attached hydrogens (tertiary/aromatic N) is 1. The summed E-state index contributed by atoms with van der Waals surface area (Å²) in [5.74, 6) is 0.833. The number of anilines is 1. The summed E-state index contributed by atoms with van der Waals surface area (Å²) in [7, 11) is 1.54. The molecule has 0 fully saturated rings. The van der Waals surface area contributed by atoms with Crippen LogP contribution in [0, 0.1) is 0 Å². The number of nitrogens with two attached hydrogens (primary N) is 1. The molecule has 4 nitrogen and oxygen atoms in total. The van der Waals surface area contributed by atoms with Gasteiger partial charge in [0.15, 0.2) is 0 Å². The van der Waals surface area contributed by atoms with Gasteiger partial charge in [0.05, 0.1) is 12.7 Å². The highest BCUT2D eigenvalue weighted by atomic mass is 16.5. The SMILES string of the molecule is CCc1c(OC)noc1N. The second-order valence-electron chi connectivity index (χ2n) is 1.89.